The van der Waals surface area contributed by atoms with Crippen LogP contribution in [0.15, 0.2) is 12.1 Å². The molecule has 2 amide bonds. The summed E-state index contributed by atoms with van der Waals surface area (Å²) >= 11 is 0. The first-order valence-electron chi connectivity index (χ1n) is 6.86. The number of hydrogen-bond donors (Lipinski definition) is 3. The van der Waals surface area contributed by atoms with Crippen molar-refractivity contribution >= 4 is 17.7 Å². The number of hydrogen-bond acceptors (Lipinski definition) is 3. The molecule has 116 valence electrons. The fourth-order valence-corrected chi connectivity index (χ4v) is 1.91. The highest BCUT2D eigenvalue weighted by Crippen LogP contribution is 2.20. The maximum atomic E-state index is 11.8. The summed E-state index contributed by atoms with van der Waals surface area (Å²) in [6.45, 7) is 8.27. The van der Waals surface area contributed by atoms with Crippen molar-refractivity contribution in [2.24, 2.45) is 0 Å². The van der Waals surface area contributed by atoms with Gasteiger partial charge in [-0.15, -0.1) is 0 Å². The molecule has 0 aliphatic heterocycles. The van der Waals surface area contributed by atoms with Gasteiger partial charge in [-0.3, -0.25) is 0 Å². The van der Waals surface area contributed by atoms with Gasteiger partial charge in [0.2, 0.25) is 0 Å². The van der Waals surface area contributed by atoms with E-state index in [1.807, 2.05) is 20.8 Å². The lowest BCUT2D eigenvalue weighted by molar-refractivity contribution is 0.0696. The second kappa shape index (κ2) is 7.64. The third kappa shape index (κ3) is 5.07. The summed E-state index contributed by atoms with van der Waals surface area (Å²) in [6.07, 6.45) is -0.0740. The molecule has 0 fully saturated rings. The third-order valence-corrected chi connectivity index (χ3v) is 3.16. The van der Waals surface area contributed by atoms with Gasteiger partial charge < -0.3 is 20.5 Å². The molecule has 3 N–H and O–H groups in total. The number of anilines is 1. The largest absolute Gasteiger partial charge is 0.478 e. The average Bonchev–Trinajstić information content (AvgIpc) is 2.40. The molecule has 6 nitrogen and oxygen atoms in total. The highest BCUT2D eigenvalue weighted by atomic mass is 16.5. The van der Waals surface area contributed by atoms with Crippen LogP contribution in [0.1, 0.15) is 35.3 Å². The first-order valence-corrected chi connectivity index (χ1v) is 6.86. The first kappa shape index (κ1) is 17.0. The Bertz CT molecular complexity index is 529. The van der Waals surface area contributed by atoms with E-state index in [0.29, 0.717) is 24.4 Å². The molecule has 1 atom stereocenters. The van der Waals surface area contributed by atoms with Crippen molar-refractivity contribution in [1.82, 2.24) is 5.32 Å². The van der Waals surface area contributed by atoms with E-state index < -0.39 is 5.97 Å². The number of rotatable bonds is 6. The average molecular weight is 294 g/mol. The van der Waals surface area contributed by atoms with Gasteiger partial charge in [-0.1, -0.05) is 0 Å². The zero-order valence-electron chi connectivity index (χ0n) is 12.8. The summed E-state index contributed by atoms with van der Waals surface area (Å²) in [5.41, 5.74) is 2.15. The SMILES string of the molecule is CCOC(C)CNC(=O)Nc1cc(C)c(C)c(C(=O)O)c1. The minimum atomic E-state index is -1.01. The first-order chi connectivity index (χ1) is 9.85. The highest BCUT2D eigenvalue weighted by molar-refractivity contribution is 5.94. The predicted molar refractivity (Wildman–Crippen MR) is 81.0 cm³/mol. The Morgan fingerprint density at radius 2 is 2.00 bits per heavy atom. The van der Waals surface area contributed by atoms with Crippen LogP contribution in [-0.2, 0) is 4.74 Å². The van der Waals surface area contributed by atoms with E-state index in [1.54, 1.807) is 13.0 Å². The molecule has 1 rings (SSSR count). The molecule has 1 unspecified atom stereocenters. The van der Waals surface area contributed by atoms with Crippen LogP contribution in [0, 0.1) is 13.8 Å². The number of amides is 2. The molecule has 21 heavy (non-hydrogen) atoms. The van der Waals surface area contributed by atoms with Crippen LogP contribution in [0.5, 0.6) is 0 Å². The Balaban J connectivity index is 2.70. The lowest BCUT2D eigenvalue weighted by atomic mass is 10.0. The van der Waals surface area contributed by atoms with Gasteiger partial charge in [0, 0.05) is 18.8 Å². The zero-order chi connectivity index (χ0) is 16.0. The Morgan fingerprint density at radius 3 is 2.57 bits per heavy atom. The molecule has 0 heterocycles. The lowest BCUT2D eigenvalue weighted by Crippen LogP contribution is -2.35. The van der Waals surface area contributed by atoms with Crippen LogP contribution in [0.25, 0.3) is 0 Å². The predicted octanol–water partition coefficient (Wildman–Crippen LogP) is 2.55. The molecule has 1 aromatic rings. The Labute approximate surface area is 124 Å². The minimum Gasteiger partial charge on any atom is -0.478 e. The highest BCUT2D eigenvalue weighted by Gasteiger charge is 2.12. The van der Waals surface area contributed by atoms with Crippen LogP contribution < -0.4 is 10.6 Å². The van der Waals surface area contributed by atoms with Gasteiger partial charge in [-0.05, 0) is 51.0 Å². The summed E-state index contributed by atoms with van der Waals surface area (Å²) < 4.78 is 5.31. The van der Waals surface area contributed by atoms with Gasteiger partial charge in [0.05, 0.1) is 11.7 Å². The molecule has 0 bridgehead atoms. The summed E-state index contributed by atoms with van der Waals surface area (Å²) in [4.78, 5) is 22.9. The number of urea groups is 1. The summed E-state index contributed by atoms with van der Waals surface area (Å²) in [6, 6.07) is 2.81. The number of ether oxygens (including phenoxy) is 1. The van der Waals surface area contributed by atoms with Crippen molar-refractivity contribution in [3.8, 4) is 0 Å². The minimum absolute atomic E-state index is 0.0740. The molecule has 0 aromatic heterocycles. The third-order valence-electron chi connectivity index (χ3n) is 3.16. The Kier molecular flexibility index (Phi) is 6.17. The zero-order valence-corrected chi connectivity index (χ0v) is 12.8. The maximum Gasteiger partial charge on any atom is 0.336 e. The Morgan fingerprint density at radius 1 is 1.33 bits per heavy atom. The number of benzene rings is 1. The van der Waals surface area contributed by atoms with Crippen LogP contribution in [0.2, 0.25) is 0 Å². The summed E-state index contributed by atoms with van der Waals surface area (Å²) in [5.74, 6) is -1.01. The maximum absolute atomic E-state index is 11.8. The number of aromatic carboxylic acids is 1. The number of carboxylic acid groups (broad SMARTS) is 1. The smallest absolute Gasteiger partial charge is 0.336 e. The lowest BCUT2D eigenvalue weighted by Gasteiger charge is -2.14. The van der Waals surface area contributed by atoms with Crippen LogP contribution in [-0.4, -0.2) is 36.4 Å². The number of nitrogens with one attached hydrogen (secondary N) is 2. The van der Waals surface area contributed by atoms with Gasteiger partial charge in [0.15, 0.2) is 0 Å². The number of carbonyl (C=O) groups excluding carboxylic acids is 1. The number of carboxylic acids is 1. The van der Waals surface area contributed by atoms with E-state index in [4.69, 9.17) is 9.84 Å². The van der Waals surface area contributed by atoms with E-state index in [-0.39, 0.29) is 17.7 Å². The van der Waals surface area contributed by atoms with Crippen molar-refractivity contribution in [3.05, 3.63) is 28.8 Å². The van der Waals surface area contributed by atoms with Crippen molar-refractivity contribution in [2.75, 3.05) is 18.5 Å². The van der Waals surface area contributed by atoms with E-state index in [9.17, 15) is 9.59 Å². The van der Waals surface area contributed by atoms with Gasteiger partial charge in [0.25, 0.3) is 0 Å². The number of aryl methyl sites for hydroxylation is 1. The van der Waals surface area contributed by atoms with Gasteiger partial charge >= 0.3 is 12.0 Å². The van der Waals surface area contributed by atoms with Crippen molar-refractivity contribution in [1.29, 1.82) is 0 Å². The normalized spacial score (nSPS) is 11.8. The molecule has 0 saturated heterocycles. The van der Waals surface area contributed by atoms with E-state index in [2.05, 4.69) is 10.6 Å². The molecule has 0 spiro atoms. The molecular formula is C15H22N2O4. The van der Waals surface area contributed by atoms with E-state index >= 15 is 0 Å². The van der Waals surface area contributed by atoms with Crippen LogP contribution in [0.4, 0.5) is 10.5 Å². The van der Waals surface area contributed by atoms with Crippen molar-refractivity contribution in [2.45, 2.75) is 33.8 Å². The molecule has 0 saturated carbocycles. The monoisotopic (exact) mass is 294 g/mol. The number of carbonyl (C=O) groups is 2. The fourth-order valence-electron chi connectivity index (χ4n) is 1.91. The molecule has 0 radical (unpaired) electrons. The molecule has 6 heteroatoms. The quantitative estimate of drug-likeness (QED) is 0.752. The second-order valence-corrected chi connectivity index (χ2v) is 4.87. The summed E-state index contributed by atoms with van der Waals surface area (Å²) in [5, 5.41) is 14.4. The summed E-state index contributed by atoms with van der Waals surface area (Å²) in [7, 11) is 0. The van der Waals surface area contributed by atoms with Crippen molar-refractivity contribution in [3.63, 3.8) is 0 Å². The van der Waals surface area contributed by atoms with E-state index in [0.717, 1.165) is 5.56 Å². The van der Waals surface area contributed by atoms with Crippen LogP contribution >= 0.6 is 0 Å². The fraction of sp³-hybridized carbons (Fsp3) is 0.467. The van der Waals surface area contributed by atoms with Gasteiger partial charge in [0.1, 0.15) is 0 Å². The topological polar surface area (TPSA) is 87.7 Å². The Hall–Kier alpha value is -2.08. The molecule has 1 aromatic carbocycles. The van der Waals surface area contributed by atoms with Crippen LogP contribution in [0.3, 0.4) is 0 Å². The van der Waals surface area contributed by atoms with Gasteiger partial charge in [-0.2, -0.15) is 0 Å². The molecule has 0 aliphatic carbocycles. The van der Waals surface area contributed by atoms with Crippen molar-refractivity contribution < 1.29 is 19.4 Å². The molecule has 0 aliphatic rings. The van der Waals surface area contributed by atoms with E-state index in [1.165, 1.54) is 6.07 Å². The van der Waals surface area contributed by atoms with Gasteiger partial charge in [-0.25, -0.2) is 9.59 Å². The standard InChI is InChI=1S/C15H22N2O4/c1-5-21-10(3)8-16-15(20)17-12-6-9(2)11(4)13(7-12)14(18)19/h6-7,10H,5,8H2,1-4H3,(H,18,19)(H2,16,17,20). The molecular weight excluding hydrogens is 272 g/mol. The second-order valence-electron chi connectivity index (χ2n) is 4.87.